The zero-order chi connectivity index (χ0) is 9.07. The Morgan fingerprint density at radius 3 is 1.83 bits per heavy atom. The molecular formula is C10H22IN. The molecule has 0 spiro atoms. The zero-order valence-corrected chi connectivity index (χ0v) is 10.4. The van der Waals surface area contributed by atoms with Crippen LogP contribution >= 0.6 is 22.9 Å². The number of rotatable bonds is 9. The van der Waals surface area contributed by atoms with Gasteiger partial charge < -0.3 is 0 Å². The van der Waals surface area contributed by atoms with Crippen molar-refractivity contribution in [3.8, 4) is 0 Å². The van der Waals surface area contributed by atoms with Crippen LogP contribution in [0.2, 0.25) is 0 Å². The third-order valence-corrected chi connectivity index (χ3v) is 2.66. The summed E-state index contributed by atoms with van der Waals surface area (Å²) in [5.74, 6) is 0. The Hall–Kier alpha value is 0.690. The first-order valence-corrected chi connectivity index (χ1v) is 6.33. The van der Waals surface area contributed by atoms with Gasteiger partial charge in [0.05, 0.1) is 0 Å². The molecule has 0 aromatic heterocycles. The first-order chi connectivity index (χ1) is 5.91. The predicted molar refractivity (Wildman–Crippen MR) is 64.6 cm³/mol. The van der Waals surface area contributed by atoms with E-state index in [0.29, 0.717) is 0 Å². The average Bonchev–Trinajstić information content (AvgIpc) is 2.10. The highest BCUT2D eigenvalue weighted by Gasteiger charge is 1.90. The van der Waals surface area contributed by atoms with Gasteiger partial charge in [0.15, 0.2) is 0 Å². The van der Waals surface area contributed by atoms with Crippen molar-refractivity contribution in [1.82, 2.24) is 3.53 Å². The number of hydrogen-bond donors (Lipinski definition) is 1. The van der Waals surface area contributed by atoms with E-state index in [1.165, 1.54) is 57.9 Å². The normalized spacial score (nSPS) is 10.5. The molecule has 0 aliphatic rings. The van der Waals surface area contributed by atoms with E-state index >= 15 is 0 Å². The van der Waals surface area contributed by atoms with Crippen molar-refractivity contribution in [3.63, 3.8) is 0 Å². The monoisotopic (exact) mass is 283 g/mol. The Bertz CT molecular complexity index is 66.2. The van der Waals surface area contributed by atoms with E-state index in [-0.39, 0.29) is 0 Å². The quantitative estimate of drug-likeness (QED) is 0.382. The van der Waals surface area contributed by atoms with Crippen LogP contribution in [-0.2, 0) is 0 Å². The molecule has 0 bridgehead atoms. The summed E-state index contributed by atoms with van der Waals surface area (Å²) in [6.07, 6.45) is 11.3. The van der Waals surface area contributed by atoms with Crippen LogP contribution in [0, 0.1) is 0 Å². The molecule has 0 fully saturated rings. The van der Waals surface area contributed by atoms with Gasteiger partial charge >= 0.3 is 0 Å². The SMILES string of the molecule is CCCCCCCCCCNI. The predicted octanol–water partition coefficient (Wildman–Crippen LogP) is 4.07. The molecule has 1 N–H and O–H groups in total. The summed E-state index contributed by atoms with van der Waals surface area (Å²) in [5.41, 5.74) is 0. The number of halogens is 1. The Balaban J connectivity index is 2.73. The summed E-state index contributed by atoms with van der Waals surface area (Å²) < 4.78 is 3.15. The Labute approximate surface area is 91.2 Å². The van der Waals surface area contributed by atoms with Crippen molar-refractivity contribution >= 4 is 22.9 Å². The topological polar surface area (TPSA) is 12.0 Å². The van der Waals surface area contributed by atoms with E-state index in [1.807, 2.05) is 0 Å². The molecule has 1 nitrogen and oxygen atoms in total. The minimum atomic E-state index is 1.18. The van der Waals surface area contributed by atoms with Crippen molar-refractivity contribution in [3.05, 3.63) is 0 Å². The molecule has 12 heavy (non-hydrogen) atoms. The van der Waals surface area contributed by atoms with E-state index in [9.17, 15) is 0 Å². The molecule has 0 aromatic carbocycles. The van der Waals surface area contributed by atoms with Gasteiger partial charge in [0, 0.05) is 29.4 Å². The summed E-state index contributed by atoms with van der Waals surface area (Å²) in [4.78, 5) is 0. The lowest BCUT2D eigenvalue weighted by atomic mass is 10.1. The second kappa shape index (κ2) is 11.7. The minimum absolute atomic E-state index is 1.18. The summed E-state index contributed by atoms with van der Waals surface area (Å²) >= 11 is 2.22. The van der Waals surface area contributed by atoms with Crippen molar-refractivity contribution < 1.29 is 0 Å². The molecule has 2 heteroatoms. The van der Waals surface area contributed by atoms with Gasteiger partial charge in [-0.25, -0.2) is 0 Å². The van der Waals surface area contributed by atoms with Gasteiger partial charge in [-0.15, -0.1) is 0 Å². The lowest BCUT2D eigenvalue weighted by Gasteiger charge is -2.00. The fraction of sp³-hybridized carbons (Fsp3) is 1.00. The standard InChI is InChI=1S/C10H22IN/c1-2-3-4-5-6-7-8-9-10-12-11/h12H,2-10H2,1H3. The molecule has 0 aliphatic carbocycles. The Morgan fingerprint density at radius 2 is 1.33 bits per heavy atom. The molecule has 0 unspecified atom stereocenters. The molecule has 0 amide bonds. The van der Waals surface area contributed by atoms with Gasteiger partial charge in [-0.1, -0.05) is 51.9 Å². The van der Waals surface area contributed by atoms with Crippen molar-refractivity contribution in [2.75, 3.05) is 6.54 Å². The number of hydrogen-bond acceptors (Lipinski definition) is 1. The van der Waals surface area contributed by atoms with Crippen LogP contribution in [0.4, 0.5) is 0 Å². The average molecular weight is 283 g/mol. The van der Waals surface area contributed by atoms with Gasteiger partial charge in [-0.3, -0.25) is 3.53 Å². The second-order valence-electron chi connectivity index (χ2n) is 3.36. The smallest absolute Gasteiger partial charge is 0.0169 e. The van der Waals surface area contributed by atoms with Crippen LogP contribution in [0.15, 0.2) is 0 Å². The highest BCUT2D eigenvalue weighted by atomic mass is 127. The van der Waals surface area contributed by atoms with Crippen LogP contribution in [0.1, 0.15) is 58.3 Å². The molecule has 0 rings (SSSR count). The molecule has 0 heterocycles. The molecule has 0 aliphatic heterocycles. The molecule has 0 radical (unpaired) electrons. The van der Waals surface area contributed by atoms with Crippen LogP contribution in [-0.4, -0.2) is 6.54 Å². The maximum absolute atomic E-state index is 3.15. The fourth-order valence-corrected chi connectivity index (χ4v) is 1.71. The Morgan fingerprint density at radius 1 is 0.833 bits per heavy atom. The first kappa shape index (κ1) is 12.7. The van der Waals surface area contributed by atoms with E-state index < -0.39 is 0 Å². The van der Waals surface area contributed by atoms with E-state index in [2.05, 4.69) is 33.3 Å². The van der Waals surface area contributed by atoms with Gasteiger partial charge in [-0.05, 0) is 6.42 Å². The van der Waals surface area contributed by atoms with Crippen LogP contribution in [0.5, 0.6) is 0 Å². The lowest BCUT2D eigenvalue weighted by molar-refractivity contribution is 0.576. The lowest BCUT2D eigenvalue weighted by Crippen LogP contribution is -1.98. The molecule has 74 valence electrons. The van der Waals surface area contributed by atoms with Crippen LogP contribution in [0.3, 0.4) is 0 Å². The summed E-state index contributed by atoms with van der Waals surface area (Å²) in [6.45, 7) is 3.45. The molecule has 0 saturated heterocycles. The Kier molecular flexibility index (Phi) is 12.4. The first-order valence-electron chi connectivity index (χ1n) is 5.25. The summed E-state index contributed by atoms with van der Waals surface area (Å²) in [5, 5.41) is 0. The highest BCUT2D eigenvalue weighted by Crippen LogP contribution is 2.07. The highest BCUT2D eigenvalue weighted by molar-refractivity contribution is 14.1. The second-order valence-corrected chi connectivity index (χ2v) is 4.12. The summed E-state index contributed by atoms with van der Waals surface area (Å²) in [6, 6.07) is 0. The van der Waals surface area contributed by atoms with Crippen molar-refractivity contribution in [1.29, 1.82) is 0 Å². The maximum atomic E-state index is 3.15. The van der Waals surface area contributed by atoms with Gasteiger partial charge in [0.25, 0.3) is 0 Å². The fourth-order valence-electron chi connectivity index (χ4n) is 1.33. The molecule has 0 atom stereocenters. The number of nitrogens with one attached hydrogen (secondary N) is 1. The molecule has 0 aromatic rings. The zero-order valence-electron chi connectivity index (χ0n) is 8.24. The number of unbranched alkanes of at least 4 members (excludes halogenated alkanes) is 7. The van der Waals surface area contributed by atoms with Crippen molar-refractivity contribution in [2.45, 2.75) is 58.3 Å². The summed E-state index contributed by atoms with van der Waals surface area (Å²) in [7, 11) is 0. The molecular weight excluding hydrogens is 261 g/mol. The van der Waals surface area contributed by atoms with Gasteiger partial charge in [0.2, 0.25) is 0 Å². The third kappa shape index (κ3) is 10.7. The third-order valence-electron chi connectivity index (χ3n) is 2.12. The van der Waals surface area contributed by atoms with Crippen molar-refractivity contribution in [2.24, 2.45) is 0 Å². The maximum Gasteiger partial charge on any atom is 0.0169 e. The molecule has 0 saturated carbocycles. The minimum Gasteiger partial charge on any atom is -0.261 e. The van der Waals surface area contributed by atoms with E-state index in [1.54, 1.807) is 0 Å². The van der Waals surface area contributed by atoms with E-state index in [4.69, 9.17) is 0 Å². The van der Waals surface area contributed by atoms with Crippen LogP contribution in [0.25, 0.3) is 0 Å². The van der Waals surface area contributed by atoms with Gasteiger partial charge in [0.1, 0.15) is 0 Å². The van der Waals surface area contributed by atoms with Gasteiger partial charge in [-0.2, -0.15) is 0 Å². The van der Waals surface area contributed by atoms with Crippen LogP contribution < -0.4 is 3.53 Å². The largest absolute Gasteiger partial charge is 0.261 e. The van der Waals surface area contributed by atoms with E-state index in [0.717, 1.165) is 0 Å².